The minimum Gasteiger partial charge on any atom is -0.360 e. The van der Waals surface area contributed by atoms with Gasteiger partial charge in [0.25, 0.3) is 0 Å². The van der Waals surface area contributed by atoms with Crippen molar-refractivity contribution in [1.82, 2.24) is 5.16 Å². The first-order valence-corrected chi connectivity index (χ1v) is 10.1. The zero-order valence-electron chi connectivity index (χ0n) is 17.7. The number of benzene rings is 2. The second-order valence-corrected chi connectivity index (χ2v) is 8.03. The molecule has 1 aromatic heterocycles. The second-order valence-electron chi connectivity index (χ2n) is 7.21. The number of carbonyl (C=O) groups excluding carboxylic acids is 1. The molecule has 2 aromatic carbocycles. The first-order chi connectivity index (χ1) is 14.1. The van der Waals surface area contributed by atoms with Crippen LogP contribution in [0.1, 0.15) is 49.5 Å². The van der Waals surface area contributed by atoms with Gasteiger partial charge in [-0.15, -0.1) is 0 Å². The molecule has 0 spiro atoms. The van der Waals surface area contributed by atoms with Crippen molar-refractivity contribution >= 4 is 35.4 Å². The fourth-order valence-corrected chi connectivity index (χ4v) is 3.98. The molecular weight excluding hydrogens is 423 g/mol. The Labute approximate surface area is 185 Å². The first kappa shape index (κ1) is 22.1. The average molecular weight is 445 g/mol. The van der Waals surface area contributed by atoms with Gasteiger partial charge >= 0.3 is 5.97 Å². The fourth-order valence-electron chi connectivity index (χ4n) is 3.40. The van der Waals surface area contributed by atoms with Crippen LogP contribution in [-0.2, 0) is 4.84 Å². The predicted molar refractivity (Wildman–Crippen MR) is 120 cm³/mol. The second kappa shape index (κ2) is 8.62. The van der Waals surface area contributed by atoms with Gasteiger partial charge in [-0.3, -0.25) is 0 Å². The summed E-state index contributed by atoms with van der Waals surface area (Å²) < 4.78 is 5.21. The Hall–Kier alpha value is -2.63. The van der Waals surface area contributed by atoms with Crippen LogP contribution in [0.5, 0.6) is 0 Å². The lowest BCUT2D eigenvalue weighted by Gasteiger charge is -2.15. The molecule has 0 aliphatic heterocycles. The Morgan fingerprint density at radius 2 is 1.50 bits per heavy atom. The van der Waals surface area contributed by atoms with Crippen LogP contribution >= 0.6 is 23.2 Å². The molecule has 1 heterocycles. The Bertz CT molecular complexity index is 1130. The molecule has 0 fully saturated rings. The molecule has 156 valence electrons. The third kappa shape index (κ3) is 3.87. The molecule has 0 atom stereocenters. The normalized spacial score (nSPS) is 11.3. The van der Waals surface area contributed by atoms with E-state index in [2.05, 4.69) is 31.1 Å². The van der Waals surface area contributed by atoms with Gasteiger partial charge in [0.05, 0.1) is 16.3 Å². The number of oxime groups is 1. The van der Waals surface area contributed by atoms with Crippen LogP contribution in [0.3, 0.4) is 0 Å². The molecule has 0 aliphatic rings. The Morgan fingerprint density at radius 1 is 0.967 bits per heavy atom. The van der Waals surface area contributed by atoms with Crippen LogP contribution in [0.25, 0.3) is 11.3 Å². The number of hydrogen-bond acceptors (Lipinski definition) is 5. The van der Waals surface area contributed by atoms with E-state index in [1.807, 2.05) is 13.8 Å². The molecule has 30 heavy (non-hydrogen) atoms. The van der Waals surface area contributed by atoms with Crippen LogP contribution in [0.2, 0.25) is 10.0 Å². The molecule has 3 rings (SSSR count). The van der Waals surface area contributed by atoms with Crippen LogP contribution in [0, 0.1) is 41.5 Å². The summed E-state index contributed by atoms with van der Waals surface area (Å²) in [6, 6.07) is 5.03. The first-order valence-electron chi connectivity index (χ1n) is 9.37. The number of rotatable bonds is 4. The van der Waals surface area contributed by atoms with Crippen molar-refractivity contribution < 1.29 is 14.2 Å². The smallest absolute Gasteiger partial charge is 0.360 e. The maximum atomic E-state index is 12.8. The summed E-state index contributed by atoms with van der Waals surface area (Å²) >= 11 is 12.5. The summed E-state index contributed by atoms with van der Waals surface area (Å²) in [5.41, 5.74) is 7.52. The number of aromatic nitrogens is 1. The number of hydrogen-bond donors (Lipinski definition) is 0. The predicted octanol–water partition coefficient (Wildman–Crippen LogP) is 6.69. The Morgan fingerprint density at radius 3 is 2.07 bits per heavy atom. The number of halogens is 2. The summed E-state index contributed by atoms with van der Waals surface area (Å²) in [6.45, 7) is 11.9. The van der Waals surface area contributed by atoms with E-state index in [0.717, 1.165) is 16.7 Å². The van der Waals surface area contributed by atoms with Crippen LogP contribution < -0.4 is 0 Å². The highest BCUT2D eigenvalue weighted by atomic mass is 35.5. The molecule has 0 unspecified atom stereocenters. The van der Waals surface area contributed by atoms with Crippen molar-refractivity contribution in [2.75, 3.05) is 0 Å². The van der Waals surface area contributed by atoms with Gasteiger partial charge in [0.1, 0.15) is 17.0 Å². The lowest BCUT2D eigenvalue weighted by atomic mass is 9.90. The van der Waals surface area contributed by atoms with Crippen LogP contribution in [0.4, 0.5) is 0 Å². The minimum atomic E-state index is -0.702. The van der Waals surface area contributed by atoms with E-state index >= 15 is 0 Å². The summed E-state index contributed by atoms with van der Waals surface area (Å²) in [5.74, 6) is -0.414. The van der Waals surface area contributed by atoms with Crippen molar-refractivity contribution in [3.8, 4) is 11.3 Å². The Kier molecular flexibility index (Phi) is 6.34. The van der Waals surface area contributed by atoms with E-state index in [4.69, 9.17) is 32.6 Å². The molecule has 0 bridgehead atoms. The molecule has 0 saturated heterocycles. The van der Waals surface area contributed by atoms with E-state index in [-0.39, 0.29) is 17.0 Å². The number of nitrogens with zero attached hydrogens (tertiary/aromatic N) is 2. The monoisotopic (exact) mass is 444 g/mol. The lowest BCUT2D eigenvalue weighted by Crippen LogP contribution is -2.06. The quantitative estimate of drug-likeness (QED) is 0.255. The van der Waals surface area contributed by atoms with Gasteiger partial charge in [-0.25, -0.2) is 4.79 Å². The molecule has 0 aliphatic carbocycles. The van der Waals surface area contributed by atoms with Gasteiger partial charge in [0, 0.05) is 11.1 Å². The molecule has 5 nitrogen and oxygen atoms in total. The van der Waals surface area contributed by atoms with E-state index in [9.17, 15) is 4.79 Å². The summed E-state index contributed by atoms with van der Waals surface area (Å²) in [5, 5.41) is 8.61. The standard InChI is InChI=1S/C23H22Cl2N2O3/c1-11-12(2)14(4)17(15(5)13(11)3)10-26-30-23(28)20-16(6)29-27-22(20)21-18(24)8-7-9-19(21)25/h7-10H,1-6H3. The topological polar surface area (TPSA) is 64.7 Å². The minimum absolute atomic E-state index is 0.131. The molecule has 0 amide bonds. The maximum absolute atomic E-state index is 12.8. The lowest BCUT2D eigenvalue weighted by molar-refractivity contribution is 0.0518. The van der Waals surface area contributed by atoms with E-state index in [0.29, 0.717) is 15.6 Å². The third-order valence-corrected chi connectivity index (χ3v) is 6.27. The van der Waals surface area contributed by atoms with E-state index < -0.39 is 5.97 Å². The maximum Gasteiger partial charge on any atom is 0.371 e. The van der Waals surface area contributed by atoms with Gasteiger partial charge in [0.15, 0.2) is 0 Å². The van der Waals surface area contributed by atoms with Crippen molar-refractivity contribution in [1.29, 1.82) is 0 Å². The van der Waals surface area contributed by atoms with E-state index in [1.165, 1.54) is 16.7 Å². The third-order valence-electron chi connectivity index (χ3n) is 5.64. The van der Waals surface area contributed by atoms with Gasteiger partial charge < -0.3 is 9.36 Å². The molecule has 0 N–H and O–H groups in total. The fraction of sp³-hybridized carbons (Fsp3) is 0.261. The zero-order valence-corrected chi connectivity index (χ0v) is 19.2. The van der Waals surface area contributed by atoms with Crippen molar-refractivity contribution in [2.45, 2.75) is 41.5 Å². The zero-order chi connectivity index (χ0) is 22.2. The van der Waals surface area contributed by atoms with Crippen molar-refractivity contribution in [3.63, 3.8) is 0 Å². The number of carbonyl (C=O) groups is 1. The SMILES string of the molecule is Cc1onc(-c2c(Cl)cccc2Cl)c1C(=O)ON=Cc1c(C)c(C)c(C)c(C)c1C. The largest absolute Gasteiger partial charge is 0.371 e. The molecule has 0 saturated carbocycles. The van der Waals surface area contributed by atoms with Crippen LogP contribution in [0.15, 0.2) is 27.9 Å². The number of aryl methyl sites for hydroxylation is 1. The van der Waals surface area contributed by atoms with Gasteiger partial charge in [-0.2, -0.15) is 0 Å². The highest BCUT2D eigenvalue weighted by molar-refractivity contribution is 6.39. The van der Waals surface area contributed by atoms with Crippen molar-refractivity contribution in [3.05, 3.63) is 72.9 Å². The molecule has 0 radical (unpaired) electrons. The highest BCUT2D eigenvalue weighted by Gasteiger charge is 2.26. The Balaban J connectivity index is 1.94. The molecular formula is C23H22Cl2N2O3. The highest BCUT2D eigenvalue weighted by Crippen LogP contribution is 2.37. The summed E-state index contributed by atoms with van der Waals surface area (Å²) in [4.78, 5) is 17.9. The average Bonchev–Trinajstić information content (AvgIpc) is 3.08. The van der Waals surface area contributed by atoms with Gasteiger partial charge in [-0.1, -0.05) is 39.6 Å². The summed E-state index contributed by atoms with van der Waals surface area (Å²) in [6.07, 6.45) is 1.56. The molecule has 7 heteroatoms. The van der Waals surface area contributed by atoms with Gasteiger partial charge in [0.2, 0.25) is 0 Å². The summed E-state index contributed by atoms with van der Waals surface area (Å²) in [7, 11) is 0. The van der Waals surface area contributed by atoms with Gasteiger partial charge in [-0.05, 0) is 81.5 Å². The van der Waals surface area contributed by atoms with Crippen LogP contribution in [-0.4, -0.2) is 17.3 Å². The van der Waals surface area contributed by atoms with Crippen molar-refractivity contribution in [2.24, 2.45) is 5.16 Å². The van der Waals surface area contributed by atoms with E-state index in [1.54, 1.807) is 31.3 Å². The molecule has 3 aromatic rings.